The summed E-state index contributed by atoms with van der Waals surface area (Å²) in [4.78, 5) is 28.9. The lowest BCUT2D eigenvalue weighted by atomic mass is 9.97. The minimum atomic E-state index is -0.193. The van der Waals surface area contributed by atoms with Crippen LogP contribution in [0, 0.1) is 0 Å². The van der Waals surface area contributed by atoms with Gasteiger partial charge in [0.05, 0.1) is 18.4 Å². The lowest BCUT2D eigenvalue weighted by Crippen LogP contribution is -2.34. The van der Waals surface area contributed by atoms with Crippen LogP contribution in [-0.2, 0) is 28.9 Å². The number of hydrogen-bond donors (Lipinski definition) is 1. The van der Waals surface area contributed by atoms with Gasteiger partial charge < -0.3 is 10.1 Å². The number of ether oxygens (including phenoxy) is 1. The summed E-state index contributed by atoms with van der Waals surface area (Å²) in [6, 6.07) is 0.370. The first-order valence-electron chi connectivity index (χ1n) is 9.37. The van der Waals surface area contributed by atoms with E-state index < -0.39 is 0 Å². The Hall–Kier alpha value is -1.34. The van der Waals surface area contributed by atoms with E-state index in [1.807, 2.05) is 4.57 Å². The van der Waals surface area contributed by atoms with Crippen molar-refractivity contribution in [3.8, 4) is 0 Å². The van der Waals surface area contributed by atoms with Gasteiger partial charge in [-0.2, -0.15) is 4.98 Å². The van der Waals surface area contributed by atoms with E-state index in [4.69, 9.17) is 4.74 Å². The van der Waals surface area contributed by atoms with Crippen molar-refractivity contribution in [1.29, 1.82) is 0 Å². The van der Waals surface area contributed by atoms with Gasteiger partial charge in [-0.25, -0.2) is 4.79 Å². The maximum Gasteiger partial charge on any atom is 0.348 e. The first kappa shape index (κ1) is 17.1. The van der Waals surface area contributed by atoms with Gasteiger partial charge in [-0.3, -0.25) is 9.36 Å². The Balaban J connectivity index is 1.53. The number of fused-ring (bicyclic) bond motifs is 1. The number of nitrogens with zero attached hydrogens (tertiary/aromatic N) is 2. The van der Waals surface area contributed by atoms with Gasteiger partial charge in [0.2, 0.25) is 5.91 Å². The molecule has 25 heavy (non-hydrogen) atoms. The predicted octanol–water partition coefficient (Wildman–Crippen LogP) is 1.67. The Labute approximate surface area is 151 Å². The topological polar surface area (TPSA) is 73.2 Å². The molecular formula is C18H25N3O3S. The second-order valence-corrected chi connectivity index (χ2v) is 8.17. The zero-order valence-corrected chi connectivity index (χ0v) is 15.3. The molecule has 2 aliphatic carbocycles. The van der Waals surface area contributed by atoms with Crippen molar-refractivity contribution < 1.29 is 9.53 Å². The van der Waals surface area contributed by atoms with Gasteiger partial charge in [0.25, 0.3) is 0 Å². The van der Waals surface area contributed by atoms with Crippen molar-refractivity contribution >= 4 is 17.7 Å². The number of rotatable bonds is 6. The Morgan fingerprint density at radius 3 is 2.84 bits per heavy atom. The molecule has 1 N–H and O–H groups in total. The maximum absolute atomic E-state index is 12.6. The normalized spacial score (nSPS) is 22.6. The summed E-state index contributed by atoms with van der Waals surface area (Å²) in [7, 11) is 0. The highest BCUT2D eigenvalue weighted by atomic mass is 32.2. The minimum Gasteiger partial charge on any atom is -0.376 e. The number of aromatic nitrogens is 2. The van der Waals surface area contributed by atoms with E-state index in [9.17, 15) is 9.59 Å². The smallest absolute Gasteiger partial charge is 0.348 e. The van der Waals surface area contributed by atoms with Crippen molar-refractivity contribution in [2.24, 2.45) is 0 Å². The highest BCUT2D eigenvalue weighted by molar-refractivity contribution is 7.99. The molecule has 4 rings (SSSR count). The van der Waals surface area contributed by atoms with E-state index >= 15 is 0 Å². The molecule has 1 saturated carbocycles. The monoisotopic (exact) mass is 363 g/mol. The summed E-state index contributed by atoms with van der Waals surface area (Å²) in [5.74, 6) is 0.382. The lowest BCUT2D eigenvalue weighted by molar-refractivity contribution is -0.118. The fraction of sp³-hybridized carbons (Fsp3) is 0.722. The average Bonchev–Trinajstić information content (AvgIpc) is 3.27. The second kappa shape index (κ2) is 7.50. The first-order chi connectivity index (χ1) is 12.2. The van der Waals surface area contributed by atoms with Gasteiger partial charge >= 0.3 is 5.69 Å². The molecule has 1 saturated heterocycles. The Morgan fingerprint density at radius 2 is 2.08 bits per heavy atom. The molecule has 2 heterocycles. The van der Waals surface area contributed by atoms with E-state index in [1.54, 1.807) is 0 Å². The molecular weight excluding hydrogens is 338 g/mol. The third kappa shape index (κ3) is 4.08. The third-order valence-electron chi connectivity index (χ3n) is 5.14. The molecule has 1 aromatic rings. The number of thioether (sulfide) groups is 1. The number of carbonyl (C=O) groups is 1. The Kier molecular flexibility index (Phi) is 5.12. The van der Waals surface area contributed by atoms with Crippen LogP contribution in [0.2, 0.25) is 0 Å². The predicted molar refractivity (Wildman–Crippen MR) is 96.0 cm³/mol. The average molecular weight is 363 g/mol. The molecule has 3 aliphatic rings. The molecule has 136 valence electrons. The van der Waals surface area contributed by atoms with Crippen LogP contribution in [0.4, 0.5) is 0 Å². The molecule has 0 aromatic carbocycles. The fourth-order valence-electron chi connectivity index (χ4n) is 3.68. The van der Waals surface area contributed by atoms with E-state index in [1.165, 1.54) is 17.3 Å². The van der Waals surface area contributed by atoms with Gasteiger partial charge in [0, 0.05) is 23.9 Å². The minimum absolute atomic E-state index is 0.0439. The summed E-state index contributed by atoms with van der Waals surface area (Å²) in [6.45, 7) is 1.40. The van der Waals surface area contributed by atoms with Crippen LogP contribution in [0.1, 0.15) is 49.8 Å². The number of hydrogen-bond acceptors (Lipinski definition) is 5. The van der Waals surface area contributed by atoms with E-state index in [0.29, 0.717) is 18.3 Å². The zero-order valence-electron chi connectivity index (χ0n) is 14.5. The van der Waals surface area contributed by atoms with Gasteiger partial charge in [-0.1, -0.05) is 11.8 Å². The molecule has 0 bridgehead atoms. The summed E-state index contributed by atoms with van der Waals surface area (Å²) in [5.41, 5.74) is 2.10. The van der Waals surface area contributed by atoms with Crippen molar-refractivity contribution in [2.45, 2.75) is 75.1 Å². The number of carbonyl (C=O) groups excluding carboxylic acids is 1. The Bertz CT molecular complexity index is 708. The number of nitrogens with one attached hydrogen (secondary N) is 1. The molecule has 1 unspecified atom stereocenters. The molecule has 1 aromatic heterocycles. The molecule has 0 spiro atoms. The highest BCUT2D eigenvalue weighted by Crippen LogP contribution is 2.29. The highest BCUT2D eigenvalue weighted by Gasteiger charge is 2.26. The lowest BCUT2D eigenvalue weighted by Gasteiger charge is -2.24. The largest absolute Gasteiger partial charge is 0.376 e. The van der Waals surface area contributed by atoms with Crippen molar-refractivity contribution in [3.63, 3.8) is 0 Å². The summed E-state index contributed by atoms with van der Waals surface area (Å²) >= 11 is 1.41. The second-order valence-electron chi connectivity index (χ2n) is 7.21. The van der Waals surface area contributed by atoms with Crippen molar-refractivity contribution in [2.75, 3.05) is 12.4 Å². The number of amides is 1. The third-order valence-corrected chi connectivity index (χ3v) is 6.16. The van der Waals surface area contributed by atoms with Gasteiger partial charge in [0.15, 0.2) is 0 Å². The summed E-state index contributed by atoms with van der Waals surface area (Å²) in [5, 5.41) is 3.75. The Morgan fingerprint density at radius 1 is 1.24 bits per heavy atom. The molecule has 1 aliphatic heterocycles. The van der Waals surface area contributed by atoms with E-state index in [0.717, 1.165) is 68.7 Å². The molecule has 7 heteroatoms. The summed E-state index contributed by atoms with van der Waals surface area (Å²) in [6.07, 6.45) is 8.48. The zero-order chi connectivity index (χ0) is 17.2. The molecule has 2 fully saturated rings. The van der Waals surface area contributed by atoms with Crippen molar-refractivity contribution in [1.82, 2.24) is 14.9 Å². The first-order valence-corrected chi connectivity index (χ1v) is 10.4. The van der Waals surface area contributed by atoms with Crippen molar-refractivity contribution in [3.05, 3.63) is 21.7 Å². The van der Waals surface area contributed by atoms with Crippen LogP contribution < -0.4 is 11.0 Å². The van der Waals surface area contributed by atoms with Crippen LogP contribution in [-0.4, -0.2) is 40.0 Å². The van der Waals surface area contributed by atoms with Crippen LogP contribution in [0.25, 0.3) is 0 Å². The van der Waals surface area contributed by atoms with Crippen LogP contribution in [0.15, 0.2) is 9.82 Å². The van der Waals surface area contributed by atoms with Gasteiger partial charge in [0.1, 0.15) is 5.03 Å². The summed E-state index contributed by atoms with van der Waals surface area (Å²) < 4.78 is 7.54. The SMILES string of the molecule is O=C(CSc1nc(=O)n(CC2CCCO2)c2c1CCCC2)NC1CC1. The fourth-order valence-corrected chi connectivity index (χ4v) is 4.57. The van der Waals surface area contributed by atoms with E-state index in [-0.39, 0.29) is 17.7 Å². The maximum atomic E-state index is 12.6. The molecule has 6 nitrogen and oxygen atoms in total. The van der Waals surface area contributed by atoms with E-state index in [2.05, 4.69) is 10.3 Å². The van der Waals surface area contributed by atoms with Gasteiger partial charge in [-0.15, -0.1) is 0 Å². The van der Waals surface area contributed by atoms with Gasteiger partial charge in [-0.05, 0) is 51.4 Å². The standard InChI is InChI=1S/C18H25N3O3S/c22-16(19-12-7-8-12)11-25-17-14-5-1-2-6-15(14)21(18(23)20-17)10-13-4-3-9-24-13/h12-13H,1-11H2,(H,19,22). The van der Waals surface area contributed by atoms with Crippen LogP contribution in [0.5, 0.6) is 0 Å². The van der Waals surface area contributed by atoms with Crippen LogP contribution in [0.3, 0.4) is 0 Å². The molecule has 1 atom stereocenters. The van der Waals surface area contributed by atoms with Crippen LogP contribution >= 0.6 is 11.8 Å². The molecule has 0 radical (unpaired) electrons. The molecule has 1 amide bonds. The quantitative estimate of drug-likeness (QED) is 0.615.